The molecular formula is C19H14BrF2N3O2S. The Kier molecular flexibility index (Phi) is 6.94. The van der Waals surface area contributed by atoms with E-state index in [1.807, 2.05) is 12.1 Å². The topological polar surface area (TPSA) is 64.1 Å². The molecular weight excluding hydrogens is 452 g/mol. The number of nitrogens with one attached hydrogen (secondary N) is 1. The molecule has 3 rings (SSSR count). The van der Waals surface area contributed by atoms with Crippen LogP contribution >= 0.6 is 27.7 Å². The molecule has 0 spiro atoms. The summed E-state index contributed by atoms with van der Waals surface area (Å²) in [6, 6.07) is 12.9. The van der Waals surface area contributed by atoms with Crippen molar-refractivity contribution in [2.45, 2.75) is 17.4 Å². The molecule has 3 aromatic rings. The van der Waals surface area contributed by atoms with Crippen LogP contribution in [0, 0.1) is 0 Å². The molecule has 2 aromatic heterocycles. The fraction of sp³-hybridized carbons (Fsp3) is 0.105. The zero-order valence-corrected chi connectivity index (χ0v) is 16.7. The molecule has 28 heavy (non-hydrogen) atoms. The summed E-state index contributed by atoms with van der Waals surface area (Å²) in [7, 11) is 0. The Morgan fingerprint density at radius 2 is 1.93 bits per heavy atom. The number of halogens is 3. The molecule has 5 nitrogen and oxygen atoms in total. The van der Waals surface area contributed by atoms with Crippen molar-refractivity contribution in [2.75, 3.05) is 5.32 Å². The molecule has 0 bridgehead atoms. The van der Waals surface area contributed by atoms with Crippen molar-refractivity contribution in [1.29, 1.82) is 0 Å². The number of amides is 1. The van der Waals surface area contributed by atoms with Crippen molar-refractivity contribution in [3.8, 4) is 5.75 Å². The van der Waals surface area contributed by atoms with E-state index in [0.29, 0.717) is 22.0 Å². The first-order valence-electron chi connectivity index (χ1n) is 8.06. The molecule has 9 heteroatoms. The zero-order valence-electron chi connectivity index (χ0n) is 14.3. The molecule has 144 valence electrons. The monoisotopic (exact) mass is 465 g/mol. The van der Waals surface area contributed by atoms with E-state index in [9.17, 15) is 13.6 Å². The second-order valence-electron chi connectivity index (χ2n) is 5.49. The summed E-state index contributed by atoms with van der Waals surface area (Å²) >= 11 is 4.76. The van der Waals surface area contributed by atoms with Gasteiger partial charge in [-0.2, -0.15) is 8.78 Å². The summed E-state index contributed by atoms with van der Waals surface area (Å²) in [6.07, 6.45) is 3.32. The molecule has 1 amide bonds. The molecule has 0 aliphatic heterocycles. The minimum absolute atomic E-state index is 0.0223. The average Bonchev–Trinajstić information content (AvgIpc) is 2.68. The first kappa shape index (κ1) is 20.2. The smallest absolute Gasteiger partial charge is 0.387 e. The predicted molar refractivity (Wildman–Crippen MR) is 107 cm³/mol. The van der Waals surface area contributed by atoms with Gasteiger partial charge in [-0.1, -0.05) is 0 Å². The van der Waals surface area contributed by atoms with Crippen LogP contribution in [-0.2, 0) is 5.75 Å². The molecule has 0 radical (unpaired) electrons. The van der Waals surface area contributed by atoms with E-state index in [4.69, 9.17) is 0 Å². The van der Waals surface area contributed by atoms with Gasteiger partial charge >= 0.3 is 6.61 Å². The van der Waals surface area contributed by atoms with Crippen LogP contribution in [0.15, 0.2) is 70.6 Å². The molecule has 1 aromatic carbocycles. The number of ether oxygens (including phenoxy) is 1. The second-order valence-corrected chi connectivity index (χ2v) is 7.27. The Balaban J connectivity index is 1.68. The van der Waals surface area contributed by atoms with E-state index in [1.165, 1.54) is 36.0 Å². The van der Waals surface area contributed by atoms with Crippen molar-refractivity contribution in [2.24, 2.45) is 0 Å². The maximum absolute atomic E-state index is 12.6. The van der Waals surface area contributed by atoms with Crippen LogP contribution in [-0.4, -0.2) is 22.5 Å². The van der Waals surface area contributed by atoms with Gasteiger partial charge in [0.1, 0.15) is 15.4 Å². The normalized spacial score (nSPS) is 10.7. The molecule has 0 aliphatic carbocycles. The number of carbonyl (C=O) groups excluding carboxylic acids is 1. The second kappa shape index (κ2) is 9.61. The summed E-state index contributed by atoms with van der Waals surface area (Å²) in [5, 5.41) is 3.32. The van der Waals surface area contributed by atoms with Gasteiger partial charge in [0.15, 0.2) is 0 Å². The van der Waals surface area contributed by atoms with Gasteiger partial charge in [0.2, 0.25) is 0 Å². The third-order valence-electron chi connectivity index (χ3n) is 3.52. The van der Waals surface area contributed by atoms with Crippen molar-refractivity contribution in [3.63, 3.8) is 0 Å². The number of benzene rings is 1. The minimum atomic E-state index is -2.89. The molecule has 0 atom stereocenters. The number of nitrogens with zero attached hydrogens (tertiary/aromatic N) is 2. The van der Waals surface area contributed by atoms with Crippen LogP contribution < -0.4 is 10.1 Å². The third kappa shape index (κ3) is 5.74. The van der Waals surface area contributed by atoms with Crippen LogP contribution in [0.25, 0.3) is 0 Å². The Morgan fingerprint density at radius 1 is 1.14 bits per heavy atom. The number of hydrogen-bond acceptors (Lipinski definition) is 5. The standard InChI is InChI=1S/C19H14BrF2N3O2S/c20-16-10-12(7-9-23-16)11-28-18-15(2-1-8-24-18)17(26)25-13-3-5-14(6-4-13)27-19(21)22/h1-10,19H,11H2,(H,25,26). The lowest BCUT2D eigenvalue weighted by molar-refractivity contribution is -0.0498. The maximum Gasteiger partial charge on any atom is 0.387 e. The summed E-state index contributed by atoms with van der Waals surface area (Å²) in [5.41, 5.74) is 1.93. The number of thioether (sulfide) groups is 1. The summed E-state index contributed by atoms with van der Waals surface area (Å²) in [5.74, 6) is 0.307. The summed E-state index contributed by atoms with van der Waals surface area (Å²) in [6.45, 7) is -2.89. The van der Waals surface area contributed by atoms with E-state index in [-0.39, 0.29) is 11.7 Å². The van der Waals surface area contributed by atoms with Crippen LogP contribution in [0.3, 0.4) is 0 Å². The third-order valence-corrected chi connectivity index (χ3v) is 5.03. The van der Waals surface area contributed by atoms with Crippen molar-refractivity contribution < 1.29 is 18.3 Å². The van der Waals surface area contributed by atoms with Gasteiger partial charge in [-0.3, -0.25) is 4.79 Å². The molecule has 0 unspecified atom stereocenters. The van der Waals surface area contributed by atoms with Crippen LogP contribution in [0.4, 0.5) is 14.5 Å². The van der Waals surface area contributed by atoms with Gasteiger partial charge in [0.05, 0.1) is 5.56 Å². The predicted octanol–water partition coefficient (Wildman–Crippen LogP) is 5.39. The average molecular weight is 466 g/mol. The van der Waals surface area contributed by atoms with Gasteiger partial charge in [0.25, 0.3) is 5.91 Å². The van der Waals surface area contributed by atoms with E-state index in [1.54, 1.807) is 24.5 Å². The minimum Gasteiger partial charge on any atom is -0.435 e. The Bertz CT molecular complexity index is 958. The number of alkyl halides is 2. The van der Waals surface area contributed by atoms with Gasteiger partial charge < -0.3 is 10.1 Å². The quantitative estimate of drug-likeness (QED) is 0.374. The Labute approximate surface area is 172 Å². The van der Waals surface area contributed by atoms with E-state index < -0.39 is 6.61 Å². The largest absolute Gasteiger partial charge is 0.435 e. The number of anilines is 1. The number of carbonyl (C=O) groups is 1. The van der Waals surface area contributed by atoms with E-state index >= 15 is 0 Å². The van der Waals surface area contributed by atoms with Crippen LogP contribution in [0.2, 0.25) is 0 Å². The van der Waals surface area contributed by atoms with Gasteiger partial charge in [-0.05, 0) is 70.0 Å². The summed E-state index contributed by atoms with van der Waals surface area (Å²) < 4.78 is 29.4. The lowest BCUT2D eigenvalue weighted by atomic mass is 10.2. The van der Waals surface area contributed by atoms with E-state index in [2.05, 4.69) is 36.0 Å². The molecule has 2 heterocycles. The SMILES string of the molecule is O=C(Nc1ccc(OC(F)F)cc1)c1cccnc1SCc1ccnc(Br)c1. The van der Waals surface area contributed by atoms with Crippen LogP contribution in [0.1, 0.15) is 15.9 Å². The number of rotatable bonds is 7. The number of pyridine rings is 2. The van der Waals surface area contributed by atoms with Gasteiger partial charge in [-0.15, -0.1) is 11.8 Å². The first-order chi connectivity index (χ1) is 13.5. The fourth-order valence-corrected chi connectivity index (χ4v) is 3.63. The lowest BCUT2D eigenvalue weighted by Crippen LogP contribution is -2.13. The highest BCUT2D eigenvalue weighted by molar-refractivity contribution is 9.10. The highest BCUT2D eigenvalue weighted by Gasteiger charge is 2.14. The molecule has 0 fully saturated rings. The molecule has 0 saturated heterocycles. The molecule has 1 N–H and O–H groups in total. The first-order valence-corrected chi connectivity index (χ1v) is 9.83. The summed E-state index contributed by atoms with van der Waals surface area (Å²) in [4.78, 5) is 21.0. The molecule has 0 saturated carbocycles. The highest BCUT2D eigenvalue weighted by Crippen LogP contribution is 2.26. The highest BCUT2D eigenvalue weighted by atomic mass is 79.9. The fourth-order valence-electron chi connectivity index (χ4n) is 2.28. The molecule has 0 aliphatic rings. The van der Waals surface area contributed by atoms with Gasteiger partial charge in [0, 0.05) is 23.8 Å². The van der Waals surface area contributed by atoms with E-state index in [0.717, 1.165) is 10.2 Å². The number of hydrogen-bond donors (Lipinski definition) is 1. The van der Waals surface area contributed by atoms with Crippen molar-refractivity contribution in [1.82, 2.24) is 9.97 Å². The van der Waals surface area contributed by atoms with Crippen molar-refractivity contribution >= 4 is 39.3 Å². The Hall–Kier alpha value is -2.52. The Morgan fingerprint density at radius 3 is 2.64 bits per heavy atom. The zero-order chi connectivity index (χ0) is 19.9. The van der Waals surface area contributed by atoms with Gasteiger partial charge in [-0.25, -0.2) is 9.97 Å². The number of aromatic nitrogens is 2. The van der Waals surface area contributed by atoms with Crippen LogP contribution in [0.5, 0.6) is 5.75 Å². The maximum atomic E-state index is 12.6. The van der Waals surface area contributed by atoms with Crippen molar-refractivity contribution in [3.05, 3.63) is 76.7 Å². The lowest BCUT2D eigenvalue weighted by Gasteiger charge is -2.10.